The molecule has 4 unspecified atom stereocenters. The van der Waals surface area contributed by atoms with E-state index in [2.05, 4.69) is 32.5 Å². The number of rotatable bonds is 13. The Labute approximate surface area is 326 Å². The van der Waals surface area contributed by atoms with Gasteiger partial charge in [-0.15, -0.1) is 0 Å². The van der Waals surface area contributed by atoms with Crippen LogP contribution in [0, 0.1) is 5.41 Å². The Hall–Kier alpha value is -5.31. The predicted octanol–water partition coefficient (Wildman–Crippen LogP) is 3.30. The number of fused-ring (bicyclic) bond motifs is 2. The lowest BCUT2D eigenvalue weighted by Gasteiger charge is -2.31. The summed E-state index contributed by atoms with van der Waals surface area (Å²) in [4.78, 5) is 62.2. The molecule has 3 fully saturated rings. The van der Waals surface area contributed by atoms with Crippen molar-refractivity contribution in [1.29, 1.82) is 0 Å². The van der Waals surface area contributed by atoms with Crippen LogP contribution in [0.4, 0.5) is 5.69 Å². The van der Waals surface area contributed by atoms with E-state index in [4.69, 9.17) is 9.47 Å². The number of amides is 4. The fourth-order valence-electron chi connectivity index (χ4n) is 8.94. The second-order valence-corrected chi connectivity index (χ2v) is 15.8. The predicted molar refractivity (Wildman–Crippen MR) is 208 cm³/mol. The van der Waals surface area contributed by atoms with Crippen LogP contribution in [0.1, 0.15) is 87.7 Å². The monoisotopic (exact) mass is 763 g/mol. The highest BCUT2D eigenvalue weighted by molar-refractivity contribution is 6.23. The number of pyridine rings is 1. The number of carbonyl (C=O) groups excluding carboxylic acids is 4. The molecular formula is C42H49N7O7. The summed E-state index contributed by atoms with van der Waals surface area (Å²) in [5.74, 6) is -0.454. The van der Waals surface area contributed by atoms with Crippen molar-refractivity contribution in [2.75, 3.05) is 59.4 Å². The van der Waals surface area contributed by atoms with Crippen molar-refractivity contribution in [3.63, 3.8) is 0 Å². The Morgan fingerprint density at radius 1 is 1.02 bits per heavy atom. The Morgan fingerprint density at radius 3 is 2.54 bits per heavy atom. The van der Waals surface area contributed by atoms with Crippen LogP contribution in [0.3, 0.4) is 0 Å². The third-order valence-corrected chi connectivity index (χ3v) is 12.2. The molecule has 14 nitrogen and oxygen atoms in total. The van der Waals surface area contributed by atoms with Gasteiger partial charge in [0.2, 0.25) is 11.8 Å². The first-order chi connectivity index (χ1) is 27.0. The molecule has 56 heavy (non-hydrogen) atoms. The zero-order chi connectivity index (χ0) is 39.3. The van der Waals surface area contributed by atoms with Gasteiger partial charge in [-0.2, -0.15) is 0 Å². The first kappa shape index (κ1) is 37.6. The normalized spacial score (nSPS) is 24.1. The van der Waals surface area contributed by atoms with E-state index >= 15 is 0 Å². The van der Waals surface area contributed by atoms with Gasteiger partial charge in [-0.05, 0) is 99.8 Å². The van der Waals surface area contributed by atoms with E-state index in [1.165, 1.54) is 0 Å². The van der Waals surface area contributed by atoms with E-state index in [0.717, 1.165) is 102 Å². The van der Waals surface area contributed by atoms with Crippen LogP contribution in [-0.4, -0.2) is 115 Å². The van der Waals surface area contributed by atoms with Gasteiger partial charge >= 0.3 is 0 Å². The van der Waals surface area contributed by atoms with Crippen molar-refractivity contribution in [2.24, 2.45) is 5.41 Å². The molecular weight excluding hydrogens is 715 g/mol. The number of aliphatic hydroxyl groups is 1. The first-order valence-corrected chi connectivity index (χ1v) is 19.4. The molecule has 1 spiro atoms. The second-order valence-electron chi connectivity index (χ2n) is 15.8. The van der Waals surface area contributed by atoms with Crippen LogP contribution in [0.5, 0.6) is 11.5 Å². The van der Waals surface area contributed by atoms with E-state index in [1.807, 2.05) is 37.5 Å². The molecule has 4 amide bonds. The fourth-order valence-corrected chi connectivity index (χ4v) is 8.94. The number of hydrogen-bond donors (Lipinski definition) is 3. The van der Waals surface area contributed by atoms with Crippen LogP contribution in [0.25, 0.3) is 5.57 Å². The minimum Gasteiger partial charge on any atom is -0.496 e. The molecule has 5 aliphatic rings. The molecule has 0 radical (unpaired) electrons. The second kappa shape index (κ2) is 15.0. The minimum absolute atomic E-state index is 0.0959. The molecule has 4 atom stereocenters. The highest BCUT2D eigenvalue weighted by Crippen LogP contribution is 2.54. The molecule has 1 aliphatic carbocycles. The summed E-state index contributed by atoms with van der Waals surface area (Å²) in [6.07, 6.45) is 9.10. The molecule has 8 rings (SSSR count). The van der Waals surface area contributed by atoms with E-state index in [-0.39, 0.29) is 24.2 Å². The van der Waals surface area contributed by atoms with Crippen molar-refractivity contribution in [1.82, 2.24) is 30.3 Å². The topological polar surface area (TPSA) is 157 Å². The number of anilines is 1. The van der Waals surface area contributed by atoms with E-state index in [0.29, 0.717) is 23.7 Å². The van der Waals surface area contributed by atoms with Gasteiger partial charge in [0.15, 0.2) is 6.23 Å². The van der Waals surface area contributed by atoms with Crippen molar-refractivity contribution >= 4 is 34.9 Å². The molecule has 3 N–H and O–H groups in total. The Morgan fingerprint density at radius 2 is 1.79 bits per heavy atom. The molecule has 3 aromatic rings. The van der Waals surface area contributed by atoms with Gasteiger partial charge in [-0.25, -0.2) is 0 Å². The van der Waals surface area contributed by atoms with Crippen LogP contribution < -0.4 is 25.0 Å². The van der Waals surface area contributed by atoms with E-state index in [1.54, 1.807) is 43.6 Å². The summed E-state index contributed by atoms with van der Waals surface area (Å²) >= 11 is 0. The lowest BCUT2D eigenvalue weighted by Crippen LogP contribution is -2.54. The minimum atomic E-state index is -0.968. The molecule has 1 saturated carbocycles. The molecule has 2 saturated heterocycles. The number of piperidine rings is 1. The van der Waals surface area contributed by atoms with Gasteiger partial charge in [0.1, 0.15) is 17.5 Å². The SMILES string of the molecule is COc1cc(C2=CN(C)C(O)c3cnccc32)cc(OC)c1CN(C)CCCCNC1CC12CCN(c1ccc3c(c1)C(=O)N(C1CCC(=O)NC1=O)C3=O)C2. The van der Waals surface area contributed by atoms with Crippen LogP contribution in [0.15, 0.2) is 55.0 Å². The number of nitrogens with zero attached hydrogens (tertiary/aromatic N) is 5. The Bertz CT molecular complexity index is 2100. The number of methoxy groups -OCH3 is 2. The smallest absolute Gasteiger partial charge is 0.262 e. The number of ether oxygens (including phenoxy) is 2. The number of aromatic nitrogens is 1. The highest BCUT2D eigenvalue weighted by Gasteiger charge is 2.57. The summed E-state index contributed by atoms with van der Waals surface area (Å²) in [5.41, 5.74) is 6.28. The van der Waals surface area contributed by atoms with Crippen molar-refractivity contribution < 1.29 is 33.8 Å². The largest absolute Gasteiger partial charge is 0.496 e. The number of carbonyl (C=O) groups is 4. The lowest BCUT2D eigenvalue weighted by molar-refractivity contribution is -0.136. The van der Waals surface area contributed by atoms with Crippen molar-refractivity contribution in [2.45, 2.75) is 63.4 Å². The standard InChI is InChI=1S/C42H49N7O7/c1-46(22-32-34(55-3)17-25(18-35(32)56-4)31-23-47(2)39(52)30-21-43-14-11-27(30)31)15-6-5-13-44-36-20-42(36)12-16-48(24-42)26-7-8-28-29(19-26)41(54)49(40(28)53)33-9-10-37(50)45-38(33)51/h7-8,11,14,17-19,21,23,33,36,39,44,52H,5-6,9-10,12-13,15-16,20,22,24H2,1-4H3,(H,45,50,51). The zero-order valence-electron chi connectivity index (χ0n) is 32.3. The van der Waals surface area contributed by atoms with Gasteiger partial charge in [0.25, 0.3) is 11.8 Å². The summed E-state index contributed by atoms with van der Waals surface area (Å²) in [6, 6.07) is 10.9. The Balaban J connectivity index is 0.817. The van der Waals surface area contributed by atoms with Gasteiger partial charge in [-0.1, -0.05) is 0 Å². The fraction of sp³-hybridized carbons (Fsp3) is 0.452. The van der Waals surface area contributed by atoms with Crippen LogP contribution >= 0.6 is 0 Å². The first-order valence-electron chi connectivity index (χ1n) is 19.4. The summed E-state index contributed by atoms with van der Waals surface area (Å²) < 4.78 is 11.8. The number of hydrogen-bond acceptors (Lipinski definition) is 12. The maximum Gasteiger partial charge on any atom is 0.262 e. The van der Waals surface area contributed by atoms with Gasteiger partial charge in [0.05, 0.1) is 30.9 Å². The molecule has 0 bridgehead atoms. The maximum absolute atomic E-state index is 13.4. The third-order valence-electron chi connectivity index (χ3n) is 12.2. The number of nitrogens with one attached hydrogen (secondary N) is 2. The number of aliphatic hydroxyl groups excluding tert-OH is 1. The maximum atomic E-state index is 13.4. The molecule has 1 aromatic heterocycles. The molecule has 5 heterocycles. The number of benzene rings is 2. The summed E-state index contributed by atoms with van der Waals surface area (Å²) in [7, 11) is 7.31. The number of imide groups is 2. The Kier molecular flexibility index (Phi) is 10.1. The van der Waals surface area contributed by atoms with Crippen molar-refractivity contribution in [3.8, 4) is 11.5 Å². The van der Waals surface area contributed by atoms with Crippen LogP contribution in [0.2, 0.25) is 0 Å². The van der Waals surface area contributed by atoms with Gasteiger partial charge in [0, 0.05) is 80.0 Å². The van der Waals surface area contributed by atoms with E-state index in [9.17, 15) is 24.3 Å². The van der Waals surface area contributed by atoms with Gasteiger partial charge in [-0.3, -0.25) is 34.4 Å². The lowest BCUT2D eigenvalue weighted by atomic mass is 9.91. The highest BCUT2D eigenvalue weighted by atomic mass is 16.5. The summed E-state index contributed by atoms with van der Waals surface area (Å²) in [6.45, 7) is 4.26. The molecule has 4 aliphatic heterocycles. The van der Waals surface area contributed by atoms with Gasteiger partial charge < -0.3 is 34.6 Å². The zero-order valence-corrected chi connectivity index (χ0v) is 32.3. The average molecular weight is 764 g/mol. The average Bonchev–Trinajstić information content (AvgIpc) is 3.58. The third kappa shape index (κ3) is 6.79. The molecule has 294 valence electrons. The van der Waals surface area contributed by atoms with Crippen LogP contribution in [-0.2, 0) is 16.1 Å². The quantitative estimate of drug-likeness (QED) is 0.173. The summed E-state index contributed by atoms with van der Waals surface area (Å²) in [5, 5.41) is 16.7. The van der Waals surface area contributed by atoms with E-state index < -0.39 is 30.0 Å². The molecule has 2 aromatic carbocycles. The molecule has 14 heteroatoms. The number of unbranched alkanes of at least 4 members (excludes halogenated alkanes) is 1. The van der Waals surface area contributed by atoms with Crippen molar-refractivity contribution in [3.05, 3.63) is 88.4 Å².